The molecule has 344 valence electrons. The van der Waals surface area contributed by atoms with Crippen molar-refractivity contribution in [2.24, 2.45) is 23.7 Å². The number of benzene rings is 2. The molecule has 2 aliphatic rings. The van der Waals surface area contributed by atoms with Crippen LogP contribution in [0.2, 0.25) is 0 Å². The van der Waals surface area contributed by atoms with E-state index < -0.39 is 0 Å². The zero-order chi connectivity index (χ0) is 43.9. The number of hydrogen-bond acceptors (Lipinski definition) is 5. The van der Waals surface area contributed by atoms with E-state index in [-0.39, 0.29) is 12.2 Å². The number of unbranched alkanes of at least 4 members (excludes halogenated alkanes) is 12. The van der Waals surface area contributed by atoms with Gasteiger partial charge in [0.05, 0.1) is 12.2 Å². The summed E-state index contributed by atoms with van der Waals surface area (Å²) in [6.45, 7) is 9.20. The van der Waals surface area contributed by atoms with Gasteiger partial charge in [0.25, 0.3) is 0 Å². The van der Waals surface area contributed by atoms with Gasteiger partial charge in [0.1, 0.15) is 0 Å². The molecule has 6 rings (SSSR count). The second-order valence-corrected chi connectivity index (χ2v) is 19.9. The summed E-state index contributed by atoms with van der Waals surface area (Å²) in [4.78, 5) is 19.4. The maximum atomic E-state index is 7.75. The van der Waals surface area contributed by atoms with Crippen LogP contribution < -0.4 is 0 Å². The van der Waals surface area contributed by atoms with Gasteiger partial charge in [0.15, 0.2) is 11.6 Å². The molecule has 0 aliphatic heterocycles. The summed E-state index contributed by atoms with van der Waals surface area (Å²) < 4.78 is 7.75. The van der Waals surface area contributed by atoms with Crippen LogP contribution in [0.25, 0.3) is 22.8 Å². The van der Waals surface area contributed by atoms with E-state index in [1.165, 1.54) is 189 Å². The molecule has 2 aliphatic carbocycles. The number of hydrogen-bond donors (Lipinski definition) is 0. The first-order chi connectivity index (χ1) is 31.1. The lowest BCUT2D eigenvalue weighted by Gasteiger charge is -2.40. The SMILES string of the molecule is CCCCCCCc1cnc(-c2ccc(C(OC(c3ccc(-c4ncc(CCCCCCC)cn4)cc3)C3CCC(CCCCC)CC3)C3CCC(CCCCC)CC3)cc2)nc1. The Labute approximate surface area is 384 Å². The Morgan fingerprint density at radius 1 is 0.413 bits per heavy atom. The normalized spacial score (nSPS) is 20.1. The second kappa shape index (κ2) is 27.8. The number of aromatic nitrogens is 4. The monoisotopic (exact) mass is 855 g/mol. The van der Waals surface area contributed by atoms with Crippen LogP contribution in [-0.4, -0.2) is 19.9 Å². The first-order valence-electron chi connectivity index (χ1n) is 26.6. The molecule has 2 fully saturated rings. The summed E-state index contributed by atoms with van der Waals surface area (Å²) in [7, 11) is 0. The third kappa shape index (κ3) is 15.9. The fourth-order valence-electron chi connectivity index (χ4n) is 10.8. The first kappa shape index (κ1) is 49.0. The molecule has 0 amide bonds. The van der Waals surface area contributed by atoms with Crippen LogP contribution in [0.1, 0.15) is 229 Å². The van der Waals surface area contributed by atoms with Crippen LogP contribution in [0.5, 0.6) is 0 Å². The van der Waals surface area contributed by atoms with Gasteiger partial charge in [0, 0.05) is 35.9 Å². The number of aryl methyl sites for hydroxylation is 2. The predicted molar refractivity (Wildman–Crippen MR) is 266 cm³/mol. The van der Waals surface area contributed by atoms with E-state index >= 15 is 0 Å². The minimum atomic E-state index is 0.0523. The van der Waals surface area contributed by atoms with Gasteiger partial charge in [-0.05, 0) is 97.3 Å². The number of ether oxygens (including phenoxy) is 1. The molecule has 5 heteroatoms. The molecule has 2 heterocycles. The van der Waals surface area contributed by atoms with Crippen LogP contribution in [0.15, 0.2) is 73.3 Å². The summed E-state index contributed by atoms with van der Waals surface area (Å²) in [5.41, 5.74) is 7.28. The van der Waals surface area contributed by atoms with Gasteiger partial charge < -0.3 is 4.74 Å². The van der Waals surface area contributed by atoms with Crippen LogP contribution in [0.4, 0.5) is 0 Å². The molecule has 2 saturated carbocycles. The molecule has 0 bridgehead atoms. The molecule has 63 heavy (non-hydrogen) atoms. The quantitative estimate of drug-likeness (QED) is 0.0533. The van der Waals surface area contributed by atoms with Crippen LogP contribution >= 0.6 is 0 Å². The maximum Gasteiger partial charge on any atom is 0.159 e. The standard InChI is InChI=1S/C58H86N4O/c1-5-9-13-15-19-23-47-41-59-57(60-42-47)53-37-33-51(34-38-53)55(49-29-25-45(26-30-49)21-17-11-7-3)63-56(50-31-27-46(28-32-50)22-18-12-8-4)52-35-39-54(40-36-52)58-61-43-48(44-62-58)24-20-16-14-10-6-2/h33-46,49-50,55-56H,5-32H2,1-4H3. The van der Waals surface area contributed by atoms with E-state index in [9.17, 15) is 0 Å². The highest BCUT2D eigenvalue weighted by molar-refractivity contribution is 5.56. The zero-order valence-electron chi connectivity index (χ0n) is 40.4. The molecule has 2 unspecified atom stereocenters. The van der Waals surface area contributed by atoms with Crippen molar-refractivity contribution in [2.45, 2.75) is 220 Å². The van der Waals surface area contributed by atoms with Crippen molar-refractivity contribution in [1.29, 1.82) is 0 Å². The van der Waals surface area contributed by atoms with Crippen LogP contribution in [0, 0.1) is 23.7 Å². The topological polar surface area (TPSA) is 60.8 Å². The average molecular weight is 855 g/mol. The molecule has 0 spiro atoms. The van der Waals surface area contributed by atoms with E-state index in [4.69, 9.17) is 24.7 Å². The first-order valence-corrected chi connectivity index (χ1v) is 26.6. The zero-order valence-corrected chi connectivity index (χ0v) is 40.4. The second-order valence-electron chi connectivity index (χ2n) is 19.9. The molecule has 0 N–H and O–H groups in total. The predicted octanol–water partition coefficient (Wildman–Crippen LogP) is 17.2. The summed E-state index contributed by atoms with van der Waals surface area (Å²) in [5.74, 6) is 4.38. The number of nitrogens with zero attached hydrogens (tertiary/aromatic N) is 4. The van der Waals surface area contributed by atoms with E-state index in [0.29, 0.717) is 11.8 Å². The summed E-state index contributed by atoms with van der Waals surface area (Å²) in [6.07, 6.45) is 44.4. The smallest absolute Gasteiger partial charge is 0.159 e. The summed E-state index contributed by atoms with van der Waals surface area (Å²) in [5, 5.41) is 0. The number of rotatable bonds is 28. The fraction of sp³-hybridized carbons (Fsp3) is 0.655. The molecular weight excluding hydrogens is 769 g/mol. The highest BCUT2D eigenvalue weighted by atomic mass is 16.5. The van der Waals surface area contributed by atoms with Crippen molar-refractivity contribution in [2.75, 3.05) is 0 Å². The molecule has 2 atom stereocenters. The van der Waals surface area contributed by atoms with Gasteiger partial charge >= 0.3 is 0 Å². The molecule has 2 aromatic carbocycles. The van der Waals surface area contributed by atoms with Crippen molar-refractivity contribution >= 4 is 0 Å². The largest absolute Gasteiger partial charge is 0.365 e. The highest BCUT2D eigenvalue weighted by Gasteiger charge is 2.36. The molecule has 2 aromatic heterocycles. The van der Waals surface area contributed by atoms with Crippen LogP contribution in [0.3, 0.4) is 0 Å². The third-order valence-electron chi connectivity index (χ3n) is 14.9. The Bertz CT molecular complexity index is 1640. The van der Waals surface area contributed by atoms with Gasteiger partial charge in [-0.15, -0.1) is 0 Å². The molecule has 4 aromatic rings. The Kier molecular flexibility index (Phi) is 21.6. The minimum Gasteiger partial charge on any atom is -0.365 e. The Morgan fingerprint density at radius 3 is 1.10 bits per heavy atom. The van der Waals surface area contributed by atoms with E-state index in [1.54, 1.807) is 0 Å². The van der Waals surface area contributed by atoms with E-state index in [0.717, 1.165) is 47.5 Å². The molecule has 0 radical (unpaired) electrons. The molecule has 5 nitrogen and oxygen atoms in total. The molecular formula is C58H86N4O. The van der Waals surface area contributed by atoms with Crippen molar-refractivity contribution in [3.05, 3.63) is 95.6 Å². The summed E-state index contributed by atoms with van der Waals surface area (Å²) in [6, 6.07) is 18.4. The third-order valence-corrected chi connectivity index (χ3v) is 14.9. The van der Waals surface area contributed by atoms with Crippen molar-refractivity contribution < 1.29 is 4.74 Å². The van der Waals surface area contributed by atoms with Crippen molar-refractivity contribution in [3.63, 3.8) is 0 Å². The summed E-state index contributed by atoms with van der Waals surface area (Å²) >= 11 is 0. The maximum absolute atomic E-state index is 7.75. The fourth-order valence-corrected chi connectivity index (χ4v) is 10.8. The lowest BCUT2D eigenvalue weighted by molar-refractivity contribution is -0.0907. The van der Waals surface area contributed by atoms with Crippen molar-refractivity contribution in [3.8, 4) is 22.8 Å². The lowest BCUT2D eigenvalue weighted by Crippen LogP contribution is -2.28. The van der Waals surface area contributed by atoms with Gasteiger partial charge in [-0.1, -0.05) is 205 Å². The lowest BCUT2D eigenvalue weighted by atomic mass is 9.74. The molecule has 0 saturated heterocycles. The van der Waals surface area contributed by atoms with Gasteiger partial charge in [-0.25, -0.2) is 19.9 Å². The van der Waals surface area contributed by atoms with E-state index in [1.807, 2.05) is 24.8 Å². The van der Waals surface area contributed by atoms with Gasteiger partial charge in [-0.2, -0.15) is 0 Å². The average Bonchev–Trinajstić information content (AvgIpc) is 3.33. The Balaban J connectivity index is 1.21. The highest BCUT2D eigenvalue weighted by Crippen LogP contribution is 2.47. The van der Waals surface area contributed by atoms with Gasteiger partial charge in [0.2, 0.25) is 0 Å². The Morgan fingerprint density at radius 2 is 0.746 bits per heavy atom. The van der Waals surface area contributed by atoms with E-state index in [2.05, 4.69) is 76.2 Å². The van der Waals surface area contributed by atoms with Crippen LogP contribution in [-0.2, 0) is 17.6 Å². The minimum absolute atomic E-state index is 0.0523. The van der Waals surface area contributed by atoms with Gasteiger partial charge in [-0.3, -0.25) is 0 Å². The van der Waals surface area contributed by atoms with Crippen molar-refractivity contribution in [1.82, 2.24) is 19.9 Å². The Hall–Kier alpha value is -3.44.